The quantitative estimate of drug-likeness (QED) is 0.350. The maximum Gasteiger partial charge on any atom is 0.241 e. The van der Waals surface area contributed by atoms with Crippen LogP contribution in [0.15, 0.2) is 67.0 Å². The highest BCUT2D eigenvalue weighted by Gasteiger charge is 2.22. The second kappa shape index (κ2) is 10.3. The minimum absolute atomic E-state index is 0.0252. The van der Waals surface area contributed by atoms with Gasteiger partial charge in [-0.3, -0.25) is 4.79 Å². The van der Waals surface area contributed by atoms with Gasteiger partial charge >= 0.3 is 0 Å². The number of nitrogens with two attached hydrogens (primary N) is 1. The first kappa shape index (κ1) is 24.3. The Kier molecular flexibility index (Phi) is 6.78. The van der Waals surface area contributed by atoms with E-state index in [-0.39, 0.29) is 11.7 Å². The number of ether oxygens (including phenoxy) is 1. The number of aromatic nitrogens is 2. The zero-order valence-corrected chi connectivity index (χ0v) is 20.1. The van der Waals surface area contributed by atoms with Crippen LogP contribution in [-0.4, -0.2) is 47.0 Å². The van der Waals surface area contributed by atoms with Crippen LogP contribution < -0.4 is 15.8 Å². The topological polar surface area (TPSA) is 93.4 Å². The van der Waals surface area contributed by atoms with Gasteiger partial charge in [0.1, 0.15) is 35.6 Å². The molecule has 0 bridgehead atoms. The second-order valence-corrected chi connectivity index (χ2v) is 8.99. The SMILES string of the molecule is CN1CC[C@@H](Oc2cc3ncnc(Nc4cccc(-c5ccc(F)cc5F)c4)c3cc2C=CC(N)=O)C1. The molecule has 0 saturated carbocycles. The molecule has 0 radical (unpaired) electrons. The molecule has 3 aromatic carbocycles. The van der Waals surface area contributed by atoms with Crippen LogP contribution in [0.2, 0.25) is 0 Å². The minimum Gasteiger partial charge on any atom is -0.488 e. The Morgan fingerprint density at radius 2 is 2.03 bits per heavy atom. The molecule has 1 aliphatic rings. The lowest BCUT2D eigenvalue weighted by Crippen LogP contribution is -2.21. The number of primary amides is 1. The van der Waals surface area contributed by atoms with Crippen LogP contribution in [0.5, 0.6) is 5.75 Å². The van der Waals surface area contributed by atoms with Gasteiger partial charge in [0.15, 0.2) is 0 Å². The molecule has 1 amide bonds. The van der Waals surface area contributed by atoms with Crippen molar-refractivity contribution in [1.82, 2.24) is 14.9 Å². The van der Waals surface area contributed by atoms with Gasteiger partial charge in [0, 0.05) is 53.5 Å². The number of nitrogens with one attached hydrogen (secondary N) is 1. The molecule has 5 rings (SSSR count). The molecule has 2 heterocycles. The lowest BCUT2D eigenvalue weighted by Gasteiger charge is -2.17. The summed E-state index contributed by atoms with van der Waals surface area (Å²) in [7, 11) is 2.04. The summed E-state index contributed by atoms with van der Waals surface area (Å²) in [5, 5.41) is 3.96. The summed E-state index contributed by atoms with van der Waals surface area (Å²) in [5.74, 6) is -0.727. The van der Waals surface area contributed by atoms with Crippen LogP contribution >= 0.6 is 0 Å². The van der Waals surface area contributed by atoms with Gasteiger partial charge in [-0.1, -0.05) is 12.1 Å². The maximum absolute atomic E-state index is 14.3. The highest BCUT2D eigenvalue weighted by Crippen LogP contribution is 2.33. The first-order chi connectivity index (χ1) is 17.9. The van der Waals surface area contributed by atoms with Crippen LogP contribution in [0.1, 0.15) is 12.0 Å². The molecule has 1 fully saturated rings. The Labute approximate surface area is 212 Å². The molecule has 3 N–H and O–H groups in total. The van der Waals surface area contributed by atoms with Crippen LogP contribution in [-0.2, 0) is 4.79 Å². The Hall–Kier alpha value is -4.37. The number of likely N-dealkylation sites (tertiary alicyclic amines) is 1. The average molecular weight is 502 g/mol. The van der Waals surface area contributed by atoms with Gasteiger partial charge in [-0.05, 0) is 55.4 Å². The Morgan fingerprint density at radius 3 is 2.78 bits per heavy atom. The van der Waals surface area contributed by atoms with Crippen molar-refractivity contribution in [3.8, 4) is 16.9 Å². The monoisotopic (exact) mass is 501 g/mol. The van der Waals surface area contributed by atoms with E-state index in [9.17, 15) is 13.6 Å². The molecule has 37 heavy (non-hydrogen) atoms. The van der Waals surface area contributed by atoms with Gasteiger partial charge in [-0.25, -0.2) is 18.7 Å². The molecule has 1 aromatic heterocycles. The summed E-state index contributed by atoms with van der Waals surface area (Å²) >= 11 is 0. The third-order valence-corrected chi connectivity index (χ3v) is 6.20. The summed E-state index contributed by atoms with van der Waals surface area (Å²) in [4.78, 5) is 22.4. The molecule has 9 heteroatoms. The smallest absolute Gasteiger partial charge is 0.241 e. The first-order valence-corrected chi connectivity index (χ1v) is 11.8. The van der Waals surface area contributed by atoms with E-state index in [1.807, 2.05) is 25.2 Å². The number of fused-ring (bicyclic) bond motifs is 1. The van der Waals surface area contributed by atoms with Gasteiger partial charge < -0.3 is 20.7 Å². The van der Waals surface area contributed by atoms with Crippen molar-refractivity contribution in [3.63, 3.8) is 0 Å². The van der Waals surface area contributed by atoms with Crippen molar-refractivity contribution in [3.05, 3.63) is 84.2 Å². The summed E-state index contributed by atoms with van der Waals surface area (Å²) in [5.41, 5.74) is 8.19. The molecule has 0 unspecified atom stereocenters. The van der Waals surface area contributed by atoms with Gasteiger partial charge in [-0.15, -0.1) is 0 Å². The molecule has 1 saturated heterocycles. The molecule has 1 atom stereocenters. The normalized spacial score (nSPS) is 15.9. The lowest BCUT2D eigenvalue weighted by molar-refractivity contribution is -0.113. The van der Waals surface area contributed by atoms with Crippen molar-refractivity contribution in [2.75, 3.05) is 25.5 Å². The third kappa shape index (κ3) is 5.57. The molecular weight excluding hydrogens is 476 g/mol. The summed E-state index contributed by atoms with van der Waals surface area (Å²) in [6.07, 6.45) is 5.27. The summed E-state index contributed by atoms with van der Waals surface area (Å²) in [6, 6.07) is 14.3. The van der Waals surface area contributed by atoms with Gasteiger partial charge in [0.05, 0.1) is 5.52 Å². The number of rotatable bonds is 7. The van der Waals surface area contributed by atoms with Crippen LogP contribution in [0.25, 0.3) is 28.1 Å². The fourth-order valence-electron chi connectivity index (χ4n) is 4.40. The van der Waals surface area contributed by atoms with Crippen molar-refractivity contribution >= 4 is 34.4 Å². The summed E-state index contributed by atoms with van der Waals surface area (Å²) in [6.45, 7) is 1.75. The predicted octanol–water partition coefficient (Wildman–Crippen LogP) is 4.90. The number of halogens is 2. The Balaban J connectivity index is 1.51. The number of benzene rings is 3. The number of likely N-dealkylation sites (N-methyl/N-ethyl adjacent to an activating group) is 1. The third-order valence-electron chi connectivity index (χ3n) is 6.20. The molecule has 0 spiro atoms. The van der Waals surface area contributed by atoms with E-state index in [1.54, 1.807) is 24.3 Å². The standard InChI is InChI=1S/C28H25F2N5O2/c1-35-10-9-21(15-35)37-26-14-25-23(12-18(26)5-8-27(31)36)28(33-16-32-25)34-20-4-2-3-17(11-20)22-7-6-19(29)13-24(22)30/h2-8,11-14,16,21H,9-10,15H2,1H3,(H2,31,36)(H,32,33,34)/t21-/m1/s1. The molecular formula is C28H25F2N5O2. The Bertz CT molecular complexity index is 1510. The molecule has 0 aliphatic carbocycles. The number of hydrogen-bond acceptors (Lipinski definition) is 6. The molecule has 1 aliphatic heterocycles. The second-order valence-electron chi connectivity index (χ2n) is 8.99. The molecule has 7 nitrogen and oxygen atoms in total. The highest BCUT2D eigenvalue weighted by molar-refractivity contribution is 5.96. The maximum atomic E-state index is 14.3. The van der Waals surface area contributed by atoms with Gasteiger partial charge in [-0.2, -0.15) is 0 Å². The summed E-state index contributed by atoms with van der Waals surface area (Å²) < 4.78 is 34.0. The van der Waals surface area contributed by atoms with E-state index in [4.69, 9.17) is 10.5 Å². The van der Waals surface area contributed by atoms with Crippen molar-refractivity contribution in [1.29, 1.82) is 0 Å². The van der Waals surface area contributed by atoms with E-state index >= 15 is 0 Å². The number of nitrogens with zero attached hydrogens (tertiary/aromatic N) is 3. The number of anilines is 2. The number of carbonyl (C=O) groups is 1. The number of carbonyl (C=O) groups excluding carboxylic acids is 1. The van der Waals surface area contributed by atoms with Crippen molar-refractivity contribution in [2.45, 2.75) is 12.5 Å². The fraction of sp³-hybridized carbons (Fsp3) is 0.179. The van der Waals surface area contributed by atoms with Gasteiger partial charge in [0.25, 0.3) is 0 Å². The first-order valence-electron chi connectivity index (χ1n) is 11.8. The van der Waals surface area contributed by atoms with E-state index in [0.717, 1.165) is 25.6 Å². The highest BCUT2D eigenvalue weighted by atomic mass is 19.1. The van der Waals surface area contributed by atoms with E-state index in [1.165, 1.54) is 24.5 Å². The van der Waals surface area contributed by atoms with Gasteiger partial charge in [0.2, 0.25) is 5.91 Å². The minimum atomic E-state index is -0.642. The largest absolute Gasteiger partial charge is 0.488 e. The van der Waals surface area contributed by atoms with E-state index < -0.39 is 17.5 Å². The van der Waals surface area contributed by atoms with E-state index in [2.05, 4.69) is 20.2 Å². The van der Waals surface area contributed by atoms with Crippen molar-refractivity contribution in [2.24, 2.45) is 5.73 Å². The van der Waals surface area contributed by atoms with Crippen LogP contribution in [0, 0.1) is 11.6 Å². The molecule has 4 aromatic rings. The van der Waals surface area contributed by atoms with Crippen molar-refractivity contribution < 1.29 is 18.3 Å². The van der Waals surface area contributed by atoms with Crippen LogP contribution in [0.4, 0.5) is 20.3 Å². The number of amides is 1. The number of hydrogen-bond donors (Lipinski definition) is 2. The zero-order chi connectivity index (χ0) is 25.9. The fourth-order valence-corrected chi connectivity index (χ4v) is 4.40. The Morgan fingerprint density at radius 1 is 1.16 bits per heavy atom. The predicted molar refractivity (Wildman–Crippen MR) is 139 cm³/mol. The van der Waals surface area contributed by atoms with Crippen LogP contribution in [0.3, 0.4) is 0 Å². The average Bonchev–Trinajstić information content (AvgIpc) is 3.27. The van der Waals surface area contributed by atoms with E-state index in [0.29, 0.717) is 39.3 Å². The zero-order valence-electron chi connectivity index (χ0n) is 20.1. The lowest BCUT2D eigenvalue weighted by atomic mass is 10.0. The molecule has 188 valence electrons.